The van der Waals surface area contributed by atoms with Crippen molar-refractivity contribution in [2.24, 2.45) is 0 Å². The smallest absolute Gasteiger partial charge is 0.327 e. The van der Waals surface area contributed by atoms with Gasteiger partial charge in [-0.05, 0) is 0 Å². The number of rotatable bonds is 0. The summed E-state index contributed by atoms with van der Waals surface area (Å²) in [5.41, 5.74) is 12.6. The number of aromatic nitrogens is 6. The molecule has 0 unspecified atom stereocenters. The molecule has 0 spiro atoms. The number of nitrogens with two attached hydrogens (primary N) is 3. The highest BCUT2D eigenvalue weighted by molar-refractivity contribution is 5.29. The number of aromatic amines is 5. The van der Waals surface area contributed by atoms with Gasteiger partial charge in [0.15, 0.2) is 0 Å². The van der Waals surface area contributed by atoms with Crippen molar-refractivity contribution >= 4 is 17.5 Å². The molecule has 0 bridgehead atoms. The Morgan fingerprint density at radius 3 is 1.89 bits per heavy atom. The molecule has 0 aliphatic heterocycles. The van der Waals surface area contributed by atoms with E-state index >= 15 is 0 Å². The van der Waals surface area contributed by atoms with Crippen LogP contribution in [-0.4, -0.2) is 35.0 Å². The summed E-state index contributed by atoms with van der Waals surface area (Å²) in [7, 11) is 0. The molecule has 0 fully saturated rings. The van der Waals surface area contributed by atoms with Gasteiger partial charge in [-0.25, -0.2) is 9.59 Å². The van der Waals surface area contributed by atoms with Gasteiger partial charge in [-0.2, -0.15) is 4.98 Å². The fraction of sp³-hybridized carbons (Fsp3) is 0. The van der Waals surface area contributed by atoms with Crippen LogP contribution in [0.3, 0.4) is 0 Å². The number of nitrogens with zero attached hydrogens (tertiary/aromatic N) is 1. The Balaban J connectivity index is 0.000000202. The second-order valence-electron chi connectivity index (χ2n) is 4.56. The molecule has 0 amide bonds. The molecule has 3 rings (SSSR count). The zero-order valence-corrected chi connectivity index (χ0v) is 13.4. The van der Waals surface area contributed by atoms with E-state index in [9.17, 15) is 24.0 Å². The minimum absolute atomic E-state index is 0.00889. The lowest BCUT2D eigenvalue weighted by molar-refractivity contribution is 0.452. The SMILES string of the molecule is Nc1c[nH]c(=O)[nH]c1=O.Nc1cc(=O)[nH]c(=O)[nH]1.Nc1nc(O)cc(=O)[nH]1. The van der Waals surface area contributed by atoms with Gasteiger partial charge in [-0.3, -0.25) is 34.3 Å². The van der Waals surface area contributed by atoms with Gasteiger partial charge in [0, 0.05) is 12.3 Å². The lowest BCUT2D eigenvalue weighted by Gasteiger charge is -1.89. The minimum atomic E-state index is -0.583. The van der Waals surface area contributed by atoms with E-state index in [0.29, 0.717) is 0 Å². The van der Waals surface area contributed by atoms with Gasteiger partial charge in [0.05, 0.1) is 6.07 Å². The third-order valence-corrected chi connectivity index (χ3v) is 2.38. The summed E-state index contributed by atoms with van der Waals surface area (Å²) in [6.07, 6.45) is 1.15. The Bertz CT molecular complexity index is 1130. The van der Waals surface area contributed by atoms with Gasteiger partial charge in [0.1, 0.15) is 11.5 Å². The number of nitrogens with one attached hydrogen (secondary N) is 5. The molecule has 3 aromatic heterocycles. The molecule has 0 saturated carbocycles. The van der Waals surface area contributed by atoms with Gasteiger partial charge >= 0.3 is 11.4 Å². The van der Waals surface area contributed by atoms with Gasteiger partial charge in [-0.15, -0.1) is 0 Å². The highest BCUT2D eigenvalue weighted by Crippen LogP contribution is 1.96. The summed E-state index contributed by atoms with van der Waals surface area (Å²) < 4.78 is 0. The average molecular weight is 381 g/mol. The summed E-state index contributed by atoms with van der Waals surface area (Å²) in [6.45, 7) is 0. The van der Waals surface area contributed by atoms with Crippen molar-refractivity contribution in [1.29, 1.82) is 0 Å². The monoisotopic (exact) mass is 381 g/mol. The Hall–Kier alpha value is -4.56. The molecule has 15 nitrogen and oxygen atoms in total. The first kappa shape index (κ1) is 20.5. The van der Waals surface area contributed by atoms with E-state index in [-0.39, 0.29) is 23.3 Å². The summed E-state index contributed by atoms with van der Waals surface area (Å²) in [4.78, 5) is 65.5. The third-order valence-electron chi connectivity index (χ3n) is 2.38. The molecule has 3 heterocycles. The van der Waals surface area contributed by atoms with Gasteiger partial charge in [0.2, 0.25) is 11.8 Å². The first-order valence-electron chi connectivity index (χ1n) is 6.79. The van der Waals surface area contributed by atoms with Crippen LogP contribution in [0.1, 0.15) is 0 Å². The molecule has 0 saturated heterocycles. The van der Waals surface area contributed by atoms with Crippen molar-refractivity contribution in [3.63, 3.8) is 0 Å². The van der Waals surface area contributed by atoms with Gasteiger partial charge in [0.25, 0.3) is 16.7 Å². The summed E-state index contributed by atoms with van der Waals surface area (Å²) in [6, 6.07) is 2.04. The van der Waals surface area contributed by atoms with Crippen LogP contribution in [0, 0.1) is 0 Å². The molecular formula is C12H15N9O6. The summed E-state index contributed by atoms with van der Waals surface area (Å²) >= 11 is 0. The predicted molar refractivity (Wildman–Crippen MR) is 95.1 cm³/mol. The van der Waals surface area contributed by atoms with Crippen LogP contribution in [-0.2, 0) is 0 Å². The first-order valence-corrected chi connectivity index (χ1v) is 6.79. The van der Waals surface area contributed by atoms with Crippen LogP contribution in [0.5, 0.6) is 5.88 Å². The quantitative estimate of drug-likeness (QED) is 0.184. The fourth-order valence-corrected chi connectivity index (χ4v) is 1.37. The van der Waals surface area contributed by atoms with E-state index in [0.717, 1.165) is 18.3 Å². The maximum atomic E-state index is 10.4. The van der Waals surface area contributed by atoms with E-state index in [2.05, 4.69) is 19.9 Å². The van der Waals surface area contributed by atoms with Crippen molar-refractivity contribution < 1.29 is 5.11 Å². The molecule has 0 aromatic carbocycles. The molecule has 0 atom stereocenters. The maximum Gasteiger partial charge on any atom is 0.327 e. The van der Waals surface area contributed by atoms with Crippen LogP contribution in [0.15, 0.2) is 42.3 Å². The molecule has 27 heavy (non-hydrogen) atoms. The fourth-order valence-electron chi connectivity index (χ4n) is 1.37. The standard InChI is InChI=1S/3C4H5N3O2/c5-2-1-6-4(9)7-3(2)8;5-4-6-2(8)1-3(9)7-4;5-2-1-3(8)7-4(9)6-2/h1H,5H2,(H2,6,7,8,9);2*1H,(H4,5,6,7,8,9). The first-order chi connectivity index (χ1) is 12.6. The number of nitrogen functional groups attached to an aromatic ring is 3. The Morgan fingerprint density at radius 2 is 1.44 bits per heavy atom. The van der Waals surface area contributed by atoms with E-state index in [1.165, 1.54) is 0 Å². The average Bonchev–Trinajstić information content (AvgIpc) is 2.49. The highest BCUT2D eigenvalue weighted by Gasteiger charge is 1.92. The number of anilines is 3. The van der Waals surface area contributed by atoms with Crippen LogP contribution >= 0.6 is 0 Å². The Kier molecular flexibility index (Phi) is 6.88. The Morgan fingerprint density at radius 1 is 0.815 bits per heavy atom. The number of H-pyrrole nitrogens is 5. The molecule has 144 valence electrons. The van der Waals surface area contributed by atoms with E-state index in [1.807, 2.05) is 9.97 Å². The minimum Gasteiger partial charge on any atom is -0.493 e. The van der Waals surface area contributed by atoms with Crippen LogP contribution in [0.4, 0.5) is 17.5 Å². The van der Waals surface area contributed by atoms with E-state index in [1.54, 1.807) is 0 Å². The second kappa shape index (κ2) is 9.06. The lowest BCUT2D eigenvalue weighted by Crippen LogP contribution is -2.23. The molecule has 15 heteroatoms. The van der Waals surface area contributed by atoms with Crippen molar-refractivity contribution in [2.75, 3.05) is 17.2 Å². The van der Waals surface area contributed by atoms with Gasteiger partial charge < -0.3 is 27.3 Å². The number of hydrogen-bond donors (Lipinski definition) is 9. The van der Waals surface area contributed by atoms with Gasteiger partial charge in [-0.1, -0.05) is 0 Å². The van der Waals surface area contributed by atoms with Crippen LogP contribution in [0.2, 0.25) is 0 Å². The zero-order valence-electron chi connectivity index (χ0n) is 13.4. The largest absolute Gasteiger partial charge is 0.493 e. The molecule has 3 aromatic rings. The molecule has 0 aliphatic rings. The number of aromatic hydroxyl groups is 1. The predicted octanol–water partition coefficient (Wildman–Crippen LogP) is -3.65. The topological polar surface area (TPSA) is 275 Å². The maximum absolute atomic E-state index is 10.4. The lowest BCUT2D eigenvalue weighted by atomic mass is 10.6. The van der Waals surface area contributed by atoms with Crippen molar-refractivity contribution in [3.05, 3.63) is 70.4 Å². The van der Waals surface area contributed by atoms with Crippen LogP contribution < -0.4 is 45.3 Å². The molecular weight excluding hydrogens is 366 g/mol. The van der Waals surface area contributed by atoms with E-state index in [4.69, 9.17) is 22.3 Å². The van der Waals surface area contributed by atoms with E-state index < -0.39 is 28.1 Å². The highest BCUT2D eigenvalue weighted by atomic mass is 16.3. The summed E-state index contributed by atoms with van der Waals surface area (Å²) in [5.74, 6) is -0.375. The van der Waals surface area contributed by atoms with Crippen molar-refractivity contribution in [3.8, 4) is 5.88 Å². The third kappa shape index (κ3) is 7.70. The number of hydrogen-bond acceptors (Lipinski definition) is 10. The second-order valence-corrected chi connectivity index (χ2v) is 4.56. The molecule has 0 radical (unpaired) electrons. The summed E-state index contributed by atoms with van der Waals surface area (Å²) in [5, 5.41) is 8.58. The normalized spacial score (nSPS) is 9.33. The zero-order chi connectivity index (χ0) is 20.6. The van der Waals surface area contributed by atoms with Crippen LogP contribution in [0.25, 0.3) is 0 Å². The van der Waals surface area contributed by atoms with Crippen molar-refractivity contribution in [2.45, 2.75) is 0 Å². The molecule has 12 N–H and O–H groups in total. The van der Waals surface area contributed by atoms with Crippen molar-refractivity contribution in [1.82, 2.24) is 29.9 Å². The molecule has 0 aliphatic carbocycles. The Labute approximate surface area is 146 Å².